The first-order valence-electron chi connectivity index (χ1n) is 7.38. The third-order valence-electron chi connectivity index (χ3n) is 3.13. The molecular weight excluding hydrogens is 236 g/mol. The van der Waals surface area contributed by atoms with Gasteiger partial charge in [0.25, 0.3) is 0 Å². The van der Waals surface area contributed by atoms with E-state index >= 15 is 0 Å². The molecule has 2 nitrogen and oxygen atoms in total. The third-order valence-corrected chi connectivity index (χ3v) is 3.13. The van der Waals surface area contributed by atoms with Crippen LogP contribution in [0.3, 0.4) is 0 Å². The molecule has 0 bridgehead atoms. The van der Waals surface area contributed by atoms with Gasteiger partial charge in [-0.15, -0.1) is 0 Å². The zero-order chi connectivity index (χ0) is 13.9. The normalized spacial score (nSPS) is 10.7. The van der Waals surface area contributed by atoms with E-state index in [1.165, 1.54) is 12.0 Å². The molecule has 2 heteroatoms. The van der Waals surface area contributed by atoms with Gasteiger partial charge in [0.15, 0.2) is 0 Å². The molecule has 106 valence electrons. The second kappa shape index (κ2) is 9.60. The summed E-state index contributed by atoms with van der Waals surface area (Å²) in [4.78, 5) is 11.5. The highest BCUT2D eigenvalue weighted by Gasteiger charge is 2.03. The van der Waals surface area contributed by atoms with E-state index in [4.69, 9.17) is 4.74 Å². The molecule has 0 aliphatic carbocycles. The summed E-state index contributed by atoms with van der Waals surface area (Å²) in [6.45, 7) is 4.96. The average Bonchev–Trinajstić information content (AvgIpc) is 2.41. The van der Waals surface area contributed by atoms with Crippen LogP contribution < -0.4 is 0 Å². The van der Waals surface area contributed by atoms with Gasteiger partial charge >= 0.3 is 5.97 Å². The molecule has 0 saturated heterocycles. The average molecular weight is 262 g/mol. The Morgan fingerprint density at radius 1 is 1.11 bits per heavy atom. The molecule has 0 atom stereocenters. The maximum Gasteiger partial charge on any atom is 0.305 e. The van der Waals surface area contributed by atoms with Gasteiger partial charge in [0.05, 0.1) is 6.61 Å². The minimum Gasteiger partial charge on any atom is -0.466 e. The number of rotatable bonds is 9. The van der Waals surface area contributed by atoms with Crippen molar-refractivity contribution in [3.05, 3.63) is 35.9 Å². The maximum atomic E-state index is 11.5. The molecule has 0 saturated carbocycles. The van der Waals surface area contributed by atoms with Gasteiger partial charge in [-0.3, -0.25) is 4.79 Å². The second-order valence-corrected chi connectivity index (χ2v) is 5.45. The number of unbranched alkanes of at least 4 members (excludes halogenated alkanes) is 1. The van der Waals surface area contributed by atoms with Crippen molar-refractivity contribution in [1.29, 1.82) is 0 Å². The van der Waals surface area contributed by atoms with Crippen LogP contribution in [0.5, 0.6) is 0 Å². The summed E-state index contributed by atoms with van der Waals surface area (Å²) in [5.41, 5.74) is 1.30. The lowest BCUT2D eigenvalue weighted by atomic mass is 10.1. The monoisotopic (exact) mass is 262 g/mol. The molecule has 0 spiro atoms. The van der Waals surface area contributed by atoms with Crippen LogP contribution in [-0.4, -0.2) is 12.6 Å². The number of benzene rings is 1. The second-order valence-electron chi connectivity index (χ2n) is 5.45. The van der Waals surface area contributed by atoms with Crippen molar-refractivity contribution >= 4 is 5.97 Å². The standard InChI is InChI=1S/C17H26O2/c1-15(2)9-6-7-13-17(18)19-14-8-12-16-10-4-3-5-11-16/h3-5,10-11,15H,6-9,12-14H2,1-2H3. The number of hydrogen-bond donors (Lipinski definition) is 0. The van der Waals surface area contributed by atoms with Gasteiger partial charge in [-0.2, -0.15) is 0 Å². The molecule has 0 heterocycles. The van der Waals surface area contributed by atoms with Crippen LogP contribution in [0.15, 0.2) is 30.3 Å². The predicted octanol–water partition coefficient (Wildman–Crippen LogP) is 4.38. The number of aryl methyl sites for hydroxylation is 1. The molecule has 0 radical (unpaired) electrons. The molecule has 0 amide bonds. The Morgan fingerprint density at radius 2 is 1.84 bits per heavy atom. The predicted molar refractivity (Wildman–Crippen MR) is 79.0 cm³/mol. The molecule has 1 aromatic carbocycles. The van der Waals surface area contributed by atoms with E-state index in [0.717, 1.165) is 31.6 Å². The summed E-state index contributed by atoms with van der Waals surface area (Å²) in [5.74, 6) is 0.679. The van der Waals surface area contributed by atoms with E-state index in [2.05, 4.69) is 26.0 Å². The van der Waals surface area contributed by atoms with Crippen LogP contribution >= 0.6 is 0 Å². The van der Waals surface area contributed by atoms with Crippen LogP contribution in [0.1, 0.15) is 51.5 Å². The summed E-state index contributed by atoms with van der Waals surface area (Å²) in [7, 11) is 0. The lowest BCUT2D eigenvalue weighted by Crippen LogP contribution is -2.06. The van der Waals surface area contributed by atoms with Gasteiger partial charge in [-0.1, -0.05) is 57.0 Å². The molecule has 0 aliphatic heterocycles. The zero-order valence-electron chi connectivity index (χ0n) is 12.2. The number of carbonyl (C=O) groups excluding carboxylic acids is 1. The van der Waals surface area contributed by atoms with Crippen molar-refractivity contribution in [2.45, 2.75) is 52.4 Å². The zero-order valence-corrected chi connectivity index (χ0v) is 12.2. The molecule has 0 unspecified atom stereocenters. The van der Waals surface area contributed by atoms with Crippen LogP contribution in [-0.2, 0) is 16.0 Å². The highest BCUT2D eigenvalue weighted by Crippen LogP contribution is 2.09. The van der Waals surface area contributed by atoms with Gasteiger partial charge in [0.2, 0.25) is 0 Å². The van der Waals surface area contributed by atoms with Crippen LogP contribution in [0.4, 0.5) is 0 Å². The summed E-state index contributed by atoms with van der Waals surface area (Å²) < 4.78 is 5.23. The number of ether oxygens (including phenoxy) is 1. The maximum absolute atomic E-state index is 11.5. The minimum absolute atomic E-state index is 0.0446. The van der Waals surface area contributed by atoms with Crippen molar-refractivity contribution in [3.8, 4) is 0 Å². The summed E-state index contributed by atoms with van der Waals surface area (Å²) in [6.07, 6.45) is 5.72. The molecule has 19 heavy (non-hydrogen) atoms. The number of esters is 1. The first-order valence-corrected chi connectivity index (χ1v) is 7.38. The van der Waals surface area contributed by atoms with Crippen LogP contribution in [0, 0.1) is 5.92 Å². The fourth-order valence-corrected chi connectivity index (χ4v) is 2.00. The Balaban J connectivity index is 1.98. The fourth-order valence-electron chi connectivity index (χ4n) is 2.00. The van der Waals surface area contributed by atoms with Gasteiger partial charge in [0, 0.05) is 6.42 Å². The molecular formula is C17H26O2. The largest absolute Gasteiger partial charge is 0.466 e. The highest BCUT2D eigenvalue weighted by molar-refractivity contribution is 5.69. The molecule has 1 rings (SSSR count). The molecule has 0 fully saturated rings. The van der Waals surface area contributed by atoms with Gasteiger partial charge < -0.3 is 4.74 Å². The highest BCUT2D eigenvalue weighted by atomic mass is 16.5. The Bertz CT molecular complexity index is 344. The van der Waals surface area contributed by atoms with E-state index in [0.29, 0.717) is 13.0 Å². The van der Waals surface area contributed by atoms with Crippen molar-refractivity contribution in [3.63, 3.8) is 0 Å². The fraction of sp³-hybridized carbons (Fsp3) is 0.588. The van der Waals surface area contributed by atoms with E-state index < -0.39 is 0 Å². The van der Waals surface area contributed by atoms with Gasteiger partial charge in [-0.25, -0.2) is 0 Å². The Hall–Kier alpha value is -1.31. The Morgan fingerprint density at radius 3 is 2.53 bits per heavy atom. The summed E-state index contributed by atoms with van der Waals surface area (Å²) >= 11 is 0. The van der Waals surface area contributed by atoms with E-state index in [-0.39, 0.29) is 5.97 Å². The smallest absolute Gasteiger partial charge is 0.305 e. The SMILES string of the molecule is CC(C)CCCCC(=O)OCCCc1ccccc1. The minimum atomic E-state index is -0.0446. The Kier molecular flexibility index (Phi) is 7.95. The van der Waals surface area contributed by atoms with Crippen LogP contribution in [0.2, 0.25) is 0 Å². The Labute approximate surface area is 117 Å². The van der Waals surface area contributed by atoms with Crippen molar-refractivity contribution < 1.29 is 9.53 Å². The summed E-state index contributed by atoms with van der Waals surface area (Å²) in [6, 6.07) is 10.3. The molecule has 1 aromatic rings. The number of hydrogen-bond acceptors (Lipinski definition) is 2. The lowest BCUT2D eigenvalue weighted by Gasteiger charge is -2.06. The topological polar surface area (TPSA) is 26.3 Å². The van der Waals surface area contributed by atoms with E-state index in [9.17, 15) is 4.79 Å². The molecule has 0 aromatic heterocycles. The first kappa shape index (κ1) is 15.7. The first-order chi connectivity index (χ1) is 9.18. The third kappa shape index (κ3) is 8.41. The number of carbonyl (C=O) groups is 1. The van der Waals surface area contributed by atoms with Crippen LogP contribution in [0.25, 0.3) is 0 Å². The van der Waals surface area contributed by atoms with Crippen molar-refractivity contribution in [2.75, 3.05) is 6.61 Å². The summed E-state index contributed by atoms with van der Waals surface area (Å²) in [5, 5.41) is 0. The molecule has 0 N–H and O–H groups in total. The van der Waals surface area contributed by atoms with E-state index in [1.54, 1.807) is 0 Å². The lowest BCUT2D eigenvalue weighted by molar-refractivity contribution is -0.143. The van der Waals surface area contributed by atoms with Gasteiger partial charge in [0.1, 0.15) is 0 Å². The van der Waals surface area contributed by atoms with E-state index in [1.807, 2.05) is 18.2 Å². The van der Waals surface area contributed by atoms with Crippen molar-refractivity contribution in [2.24, 2.45) is 5.92 Å². The van der Waals surface area contributed by atoms with Gasteiger partial charge in [-0.05, 0) is 30.7 Å². The quantitative estimate of drug-likeness (QED) is 0.487. The van der Waals surface area contributed by atoms with Crippen molar-refractivity contribution in [1.82, 2.24) is 0 Å². The molecule has 0 aliphatic rings.